The second-order valence-corrected chi connectivity index (χ2v) is 11.4. The van der Waals surface area contributed by atoms with E-state index < -0.39 is 11.6 Å². The number of anilines is 1. The molecule has 35 heavy (non-hydrogen) atoms. The van der Waals surface area contributed by atoms with Gasteiger partial charge in [0.1, 0.15) is 17.9 Å². The number of pyridine rings is 1. The monoisotopic (exact) mass is 483 g/mol. The van der Waals surface area contributed by atoms with Gasteiger partial charge in [-0.15, -0.1) is 0 Å². The second-order valence-electron chi connectivity index (χ2n) is 11.4. The number of imide groups is 1. The first kappa shape index (κ1) is 25.1. The number of amides is 5. The van der Waals surface area contributed by atoms with Crippen molar-refractivity contribution < 1.29 is 19.2 Å². The van der Waals surface area contributed by atoms with Gasteiger partial charge in [-0.3, -0.25) is 19.3 Å². The average Bonchev–Trinajstić information content (AvgIpc) is 3.02. The third-order valence-electron chi connectivity index (χ3n) is 7.99. The minimum absolute atomic E-state index is 0.0999. The van der Waals surface area contributed by atoms with Crippen molar-refractivity contribution in [1.29, 1.82) is 0 Å². The highest BCUT2D eigenvalue weighted by Crippen LogP contribution is 2.43. The van der Waals surface area contributed by atoms with E-state index in [1.807, 2.05) is 19.1 Å². The maximum Gasteiger partial charge on any atom is 0.325 e. The van der Waals surface area contributed by atoms with E-state index in [-0.39, 0.29) is 35.6 Å². The molecule has 0 aromatic carbocycles. The van der Waals surface area contributed by atoms with Crippen molar-refractivity contribution >= 4 is 29.6 Å². The number of nitrogens with zero attached hydrogens (tertiary/aromatic N) is 3. The zero-order valence-electron chi connectivity index (χ0n) is 21.2. The van der Waals surface area contributed by atoms with Gasteiger partial charge in [-0.2, -0.15) is 0 Å². The van der Waals surface area contributed by atoms with E-state index in [1.165, 1.54) is 0 Å². The zero-order chi connectivity index (χ0) is 25.4. The summed E-state index contributed by atoms with van der Waals surface area (Å²) < 4.78 is 0. The van der Waals surface area contributed by atoms with Gasteiger partial charge in [0, 0.05) is 25.2 Å². The average molecular weight is 484 g/mol. The molecule has 9 heteroatoms. The molecule has 1 saturated carbocycles. The van der Waals surface area contributed by atoms with Gasteiger partial charge in [0.25, 0.3) is 5.91 Å². The quantitative estimate of drug-likeness (QED) is 0.639. The van der Waals surface area contributed by atoms with Crippen LogP contribution in [0.3, 0.4) is 0 Å². The summed E-state index contributed by atoms with van der Waals surface area (Å²) in [7, 11) is 0. The van der Waals surface area contributed by atoms with E-state index in [4.69, 9.17) is 0 Å². The molecule has 0 atom stereocenters. The number of piperidine rings is 1. The molecular weight excluding hydrogens is 446 g/mol. The fourth-order valence-electron chi connectivity index (χ4n) is 5.59. The number of carbonyl (C=O) groups is 4. The molecular formula is C26H37N5O4. The normalized spacial score (nSPS) is 25.7. The lowest BCUT2D eigenvalue weighted by molar-refractivity contribution is -0.141. The molecule has 1 aromatic heterocycles. The lowest BCUT2D eigenvalue weighted by Gasteiger charge is -2.40. The molecule has 0 unspecified atom stereocenters. The number of aryl methyl sites for hydroxylation is 1. The first-order valence-electron chi connectivity index (χ1n) is 12.6. The predicted octanol–water partition coefficient (Wildman–Crippen LogP) is 3.09. The summed E-state index contributed by atoms with van der Waals surface area (Å²) in [6, 6.07) is 3.21. The van der Waals surface area contributed by atoms with Gasteiger partial charge in [0.05, 0.1) is 0 Å². The highest BCUT2D eigenvalue weighted by atomic mass is 16.2. The van der Waals surface area contributed by atoms with Gasteiger partial charge in [-0.05, 0) is 74.5 Å². The first-order valence-corrected chi connectivity index (χ1v) is 12.6. The summed E-state index contributed by atoms with van der Waals surface area (Å²) in [5.74, 6) is 0.193. The summed E-state index contributed by atoms with van der Waals surface area (Å²) >= 11 is 0. The van der Waals surface area contributed by atoms with Crippen LogP contribution in [0, 0.1) is 24.2 Å². The number of rotatable bonds is 4. The van der Waals surface area contributed by atoms with E-state index >= 15 is 0 Å². The van der Waals surface area contributed by atoms with Gasteiger partial charge < -0.3 is 15.5 Å². The second kappa shape index (κ2) is 9.59. The molecule has 1 aliphatic carbocycles. The molecule has 3 heterocycles. The van der Waals surface area contributed by atoms with Crippen molar-refractivity contribution in [1.82, 2.24) is 20.1 Å². The number of hydrogen-bond donors (Lipinski definition) is 2. The Balaban J connectivity index is 1.28. The van der Waals surface area contributed by atoms with Crippen molar-refractivity contribution in [3.63, 3.8) is 0 Å². The first-order chi connectivity index (χ1) is 16.5. The molecule has 2 N–H and O–H groups in total. The number of aromatic nitrogens is 1. The van der Waals surface area contributed by atoms with E-state index in [0.717, 1.165) is 23.3 Å². The number of urea groups is 1. The third kappa shape index (κ3) is 5.33. The van der Waals surface area contributed by atoms with Crippen LogP contribution in [0.4, 0.5) is 10.6 Å². The number of hydrogen-bond acceptors (Lipinski definition) is 5. The van der Waals surface area contributed by atoms with Crippen molar-refractivity contribution in [2.45, 2.75) is 71.8 Å². The molecule has 9 nitrogen and oxygen atoms in total. The SMILES string of the molecule is Cc1ccnc(NC(=O)C2CCN(C(=O)CN3C(=O)NC4(CCC(C(C)(C)C)CC4)C3=O)CC2)c1. The summed E-state index contributed by atoms with van der Waals surface area (Å²) in [6.07, 6.45) is 5.70. The molecule has 1 aromatic rings. The highest BCUT2D eigenvalue weighted by molar-refractivity contribution is 6.09. The van der Waals surface area contributed by atoms with Gasteiger partial charge in [0.2, 0.25) is 11.8 Å². The molecule has 3 aliphatic rings. The van der Waals surface area contributed by atoms with E-state index in [9.17, 15) is 19.2 Å². The Morgan fingerprint density at radius 2 is 1.80 bits per heavy atom. The minimum atomic E-state index is -0.867. The smallest absolute Gasteiger partial charge is 0.325 e. The Labute approximate surface area is 207 Å². The van der Waals surface area contributed by atoms with Crippen LogP contribution in [-0.2, 0) is 14.4 Å². The Morgan fingerprint density at radius 3 is 2.40 bits per heavy atom. The molecule has 1 spiro atoms. The number of nitrogens with one attached hydrogen (secondary N) is 2. The van der Waals surface area contributed by atoms with Crippen molar-refractivity contribution in [3.8, 4) is 0 Å². The number of likely N-dealkylation sites (tertiary alicyclic amines) is 1. The molecule has 5 amide bonds. The van der Waals surface area contributed by atoms with Crippen LogP contribution in [-0.4, -0.2) is 63.7 Å². The minimum Gasteiger partial charge on any atom is -0.341 e. The Bertz CT molecular complexity index is 1000. The highest BCUT2D eigenvalue weighted by Gasteiger charge is 2.53. The molecule has 3 fully saturated rings. The Hall–Kier alpha value is -2.97. The largest absolute Gasteiger partial charge is 0.341 e. The van der Waals surface area contributed by atoms with E-state index in [1.54, 1.807) is 11.1 Å². The maximum atomic E-state index is 13.2. The fraction of sp³-hybridized carbons (Fsp3) is 0.654. The maximum absolute atomic E-state index is 13.2. The molecule has 190 valence electrons. The molecule has 0 radical (unpaired) electrons. The zero-order valence-corrected chi connectivity index (χ0v) is 21.2. The van der Waals surface area contributed by atoms with Crippen LogP contribution in [0.15, 0.2) is 18.3 Å². The van der Waals surface area contributed by atoms with Gasteiger partial charge >= 0.3 is 6.03 Å². The van der Waals surface area contributed by atoms with Gasteiger partial charge in [0.15, 0.2) is 0 Å². The van der Waals surface area contributed by atoms with Crippen molar-refractivity contribution in [2.75, 3.05) is 25.0 Å². The van der Waals surface area contributed by atoms with Crippen LogP contribution >= 0.6 is 0 Å². The Morgan fingerprint density at radius 1 is 1.14 bits per heavy atom. The fourth-order valence-corrected chi connectivity index (χ4v) is 5.59. The van der Waals surface area contributed by atoms with Crippen molar-refractivity contribution in [2.24, 2.45) is 17.3 Å². The topological polar surface area (TPSA) is 112 Å². The Kier molecular flexibility index (Phi) is 6.88. The summed E-state index contributed by atoms with van der Waals surface area (Å²) in [4.78, 5) is 58.3. The standard InChI is InChI=1S/C26H37N5O4/c1-17-7-12-27-20(15-17)28-22(33)18-8-13-30(14-9-18)21(32)16-31-23(34)26(29-24(31)35)10-5-19(6-11-26)25(2,3)4/h7,12,15,18-19H,5-6,8-11,13-14,16H2,1-4H3,(H,29,35)(H,27,28,33). The van der Waals surface area contributed by atoms with Crippen LogP contribution < -0.4 is 10.6 Å². The lowest BCUT2D eigenvalue weighted by Crippen LogP contribution is -2.51. The third-order valence-corrected chi connectivity index (χ3v) is 7.99. The summed E-state index contributed by atoms with van der Waals surface area (Å²) in [5.41, 5.74) is 0.316. The van der Waals surface area contributed by atoms with Crippen LogP contribution in [0.25, 0.3) is 0 Å². The van der Waals surface area contributed by atoms with E-state index in [2.05, 4.69) is 36.4 Å². The van der Waals surface area contributed by atoms with Crippen LogP contribution in [0.2, 0.25) is 0 Å². The molecule has 2 saturated heterocycles. The number of carbonyl (C=O) groups excluding carboxylic acids is 4. The van der Waals surface area contributed by atoms with E-state index in [0.29, 0.717) is 50.5 Å². The molecule has 2 aliphatic heterocycles. The molecule has 4 rings (SSSR count). The van der Waals surface area contributed by atoms with Crippen LogP contribution in [0.5, 0.6) is 0 Å². The van der Waals surface area contributed by atoms with Crippen molar-refractivity contribution in [3.05, 3.63) is 23.9 Å². The van der Waals surface area contributed by atoms with Crippen LogP contribution in [0.1, 0.15) is 64.9 Å². The van der Waals surface area contributed by atoms with Gasteiger partial charge in [-0.25, -0.2) is 9.78 Å². The molecule has 0 bridgehead atoms. The lowest BCUT2D eigenvalue weighted by atomic mass is 9.67. The summed E-state index contributed by atoms with van der Waals surface area (Å²) in [5, 5.41) is 5.76. The predicted molar refractivity (Wildman–Crippen MR) is 131 cm³/mol. The summed E-state index contributed by atoms with van der Waals surface area (Å²) in [6.45, 7) is 9.15. The van der Waals surface area contributed by atoms with Gasteiger partial charge in [-0.1, -0.05) is 20.8 Å².